The molecule has 2 rings (SSSR count). The fraction of sp³-hybridized carbons (Fsp3) is 0.200. The third-order valence-electron chi connectivity index (χ3n) is 2.76. The first-order chi connectivity index (χ1) is 10.0. The van der Waals surface area contributed by atoms with Crippen LogP contribution in [0.5, 0.6) is 11.6 Å². The molecule has 6 heteroatoms. The Kier molecular flexibility index (Phi) is 4.80. The van der Waals surface area contributed by atoms with E-state index in [-0.39, 0.29) is 23.7 Å². The number of carbonyl (C=O) groups is 1. The van der Waals surface area contributed by atoms with Crippen molar-refractivity contribution in [2.45, 2.75) is 13.8 Å². The maximum atomic E-state index is 11.8. The van der Waals surface area contributed by atoms with Crippen molar-refractivity contribution < 1.29 is 14.3 Å². The number of benzene rings is 1. The Morgan fingerprint density at radius 1 is 1.38 bits per heavy atom. The van der Waals surface area contributed by atoms with Gasteiger partial charge in [0.25, 0.3) is 0 Å². The van der Waals surface area contributed by atoms with Gasteiger partial charge in [-0.3, -0.25) is 0 Å². The third kappa shape index (κ3) is 3.72. The molecule has 5 nitrogen and oxygen atoms in total. The summed E-state index contributed by atoms with van der Waals surface area (Å²) in [6.45, 7) is 3.93. The van der Waals surface area contributed by atoms with Crippen molar-refractivity contribution in [1.82, 2.24) is 4.98 Å². The first-order valence-corrected chi connectivity index (χ1v) is 7.17. The molecule has 0 amide bonds. The van der Waals surface area contributed by atoms with E-state index in [0.29, 0.717) is 5.75 Å². The molecule has 0 bridgehead atoms. The summed E-state index contributed by atoms with van der Waals surface area (Å²) < 4.78 is 11.6. The molecule has 0 unspecified atom stereocenters. The van der Waals surface area contributed by atoms with E-state index >= 15 is 0 Å². The van der Waals surface area contributed by atoms with Crippen molar-refractivity contribution in [1.29, 1.82) is 0 Å². The van der Waals surface area contributed by atoms with Gasteiger partial charge < -0.3 is 15.2 Å². The Balaban J connectivity index is 2.28. The van der Waals surface area contributed by atoms with Gasteiger partial charge in [-0.15, -0.1) is 0 Å². The van der Waals surface area contributed by atoms with Gasteiger partial charge in [-0.05, 0) is 37.6 Å². The molecule has 21 heavy (non-hydrogen) atoms. The summed E-state index contributed by atoms with van der Waals surface area (Å²) in [5.41, 5.74) is 7.19. The molecule has 2 N–H and O–H groups in total. The molecule has 0 aliphatic rings. The maximum absolute atomic E-state index is 11.8. The number of nitrogens with two attached hydrogens (primary N) is 1. The molecular weight excluding hydrogens is 336 g/mol. The minimum absolute atomic E-state index is 0.247. The predicted molar refractivity (Wildman–Crippen MR) is 83.6 cm³/mol. The van der Waals surface area contributed by atoms with E-state index < -0.39 is 5.97 Å². The number of hydrogen-bond acceptors (Lipinski definition) is 5. The van der Waals surface area contributed by atoms with Crippen molar-refractivity contribution >= 4 is 27.6 Å². The number of nitrogen functional groups attached to an aromatic ring is 1. The van der Waals surface area contributed by atoms with E-state index in [1.54, 1.807) is 6.92 Å². The standard InChI is InChI=1S/C15H15BrN2O3/c1-3-20-15(19)11-7-14(18-8-12(11)17)21-13-5-4-10(16)6-9(13)2/h4-8H,3,17H2,1-2H3. The van der Waals surface area contributed by atoms with Crippen LogP contribution in [-0.2, 0) is 4.74 Å². The lowest BCUT2D eigenvalue weighted by atomic mass is 10.2. The molecule has 2 aromatic rings. The van der Waals surface area contributed by atoms with Crippen LogP contribution in [0.15, 0.2) is 34.9 Å². The predicted octanol–water partition coefficient (Wildman–Crippen LogP) is 3.70. The molecular formula is C15H15BrN2O3. The van der Waals surface area contributed by atoms with Crippen molar-refractivity contribution in [2.24, 2.45) is 0 Å². The molecule has 0 aliphatic carbocycles. The minimum Gasteiger partial charge on any atom is -0.462 e. The monoisotopic (exact) mass is 350 g/mol. The maximum Gasteiger partial charge on any atom is 0.340 e. The Morgan fingerprint density at radius 2 is 2.14 bits per heavy atom. The van der Waals surface area contributed by atoms with E-state index in [4.69, 9.17) is 15.2 Å². The number of carbonyl (C=O) groups excluding carboxylic acids is 1. The van der Waals surface area contributed by atoms with Crippen molar-refractivity contribution in [2.75, 3.05) is 12.3 Å². The quantitative estimate of drug-likeness (QED) is 0.850. The number of hydrogen-bond donors (Lipinski definition) is 1. The second-order valence-electron chi connectivity index (χ2n) is 4.34. The molecule has 0 radical (unpaired) electrons. The van der Waals surface area contributed by atoms with E-state index in [0.717, 1.165) is 10.0 Å². The van der Waals surface area contributed by atoms with Crippen LogP contribution in [0, 0.1) is 6.92 Å². The van der Waals surface area contributed by atoms with Crippen LogP contribution in [0.3, 0.4) is 0 Å². The summed E-state index contributed by atoms with van der Waals surface area (Å²) in [6, 6.07) is 7.10. The first kappa shape index (κ1) is 15.3. The highest BCUT2D eigenvalue weighted by Gasteiger charge is 2.14. The number of ether oxygens (including phenoxy) is 2. The van der Waals surface area contributed by atoms with Crippen molar-refractivity contribution in [3.05, 3.63) is 46.1 Å². The fourth-order valence-electron chi connectivity index (χ4n) is 1.73. The number of rotatable bonds is 4. The van der Waals surface area contributed by atoms with Gasteiger partial charge in [0.05, 0.1) is 24.1 Å². The fourth-order valence-corrected chi connectivity index (χ4v) is 2.20. The second-order valence-corrected chi connectivity index (χ2v) is 5.26. The number of nitrogens with zero attached hydrogens (tertiary/aromatic N) is 1. The lowest BCUT2D eigenvalue weighted by Crippen LogP contribution is -2.08. The zero-order valence-corrected chi connectivity index (χ0v) is 13.3. The molecule has 0 fully saturated rings. The largest absolute Gasteiger partial charge is 0.462 e. The van der Waals surface area contributed by atoms with E-state index in [2.05, 4.69) is 20.9 Å². The number of anilines is 1. The van der Waals surface area contributed by atoms with Crippen LogP contribution >= 0.6 is 15.9 Å². The number of pyridine rings is 1. The van der Waals surface area contributed by atoms with Gasteiger partial charge in [0, 0.05) is 10.5 Å². The SMILES string of the molecule is CCOC(=O)c1cc(Oc2ccc(Br)cc2C)ncc1N. The summed E-state index contributed by atoms with van der Waals surface area (Å²) in [7, 11) is 0. The van der Waals surface area contributed by atoms with Gasteiger partial charge in [-0.25, -0.2) is 9.78 Å². The second kappa shape index (κ2) is 6.58. The molecule has 1 heterocycles. The summed E-state index contributed by atoms with van der Waals surface area (Å²) in [6.07, 6.45) is 1.38. The Hall–Kier alpha value is -2.08. The smallest absolute Gasteiger partial charge is 0.340 e. The molecule has 0 spiro atoms. The average molecular weight is 351 g/mol. The van der Waals surface area contributed by atoms with Gasteiger partial charge >= 0.3 is 5.97 Å². The van der Waals surface area contributed by atoms with Gasteiger partial charge in [-0.2, -0.15) is 0 Å². The zero-order chi connectivity index (χ0) is 15.4. The lowest BCUT2D eigenvalue weighted by Gasteiger charge is -2.10. The number of aryl methyl sites for hydroxylation is 1. The van der Waals surface area contributed by atoms with Crippen LogP contribution in [0.25, 0.3) is 0 Å². The number of esters is 1. The molecule has 1 aromatic carbocycles. The average Bonchev–Trinajstić information content (AvgIpc) is 2.44. The number of halogens is 1. The Labute approximate surface area is 131 Å². The van der Waals surface area contributed by atoms with Crippen LogP contribution in [-0.4, -0.2) is 17.6 Å². The molecule has 1 aromatic heterocycles. The highest BCUT2D eigenvalue weighted by molar-refractivity contribution is 9.10. The Bertz CT molecular complexity index is 674. The summed E-state index contributed by atoms with van der Waals surface area (Å²) in [4.78, 5) is 15.9. The van der Waals surface area contributed by atoms with Crippen molar-refractivity contribution in [3.8, 4) is 11.6 Å². The van der Waals surface area contributed by atoms with Crippen LogP contribution in [0.1, 0.15) is 22.8 Å². The minimum atomic E-state index is -0.491. The highest BCUT2D eigenvalue weighted by Crippen LogP contribution is 2.27. The van der Waals surface area contributed by atoms with Gasteiger partial charge in [0.1, 0.15) is 5.75 Å². The van der Waals surface area contributed by atoms with Crippen molar-refractivity contribution in [3.63, 3.8) is 0 Å². The molecule has 0 saturated carbocycles. The molecule has 0 aliphatic heterocycles. The molecule has 0 saturated heterocycles. The third-order valence-corrected chi connectivity index (χ3v) is 3.25. The van der Waals surface area contributed by atoms with E-state index in [1.807, 2.05) is 25.1 Å². The van der Waals surface area contributed by atoms with Crippen LogP contribution in [0.2, 0.25) is 0 Å². The Morgan fingerprint density at radius 3 is 2.81 bits per heavy atom. The summed E-state index contributed by atoms with van der Waals surface area (Å²) in [5, 5.41) is 0. The van der Waals surface area contributed by atoms with E-state index in [9.17, 15) is 4.79 Å². The van der Waals surface area contributed by atoms with E-state index in [1.165, 1.54) is 12.3 Å². The number of aromatic nitrogens is 1. The van der Waals surface area contributed by atoms with Gasteiger partial charge in [0.2, 0.25) is 5.88 Å². The van der Waals surface area contributed by atoms with Gasteiger partial charge in [-0.1, -0.05) is 15.9 Å². The molecule has 110 valence electrons. The lowest BCUT2D eigenvalue weighted by molar-refractivity contribution is 0.0527. The van der Waals surface area contributed by atoms with Gasteiger partial charge in [0.15, 0.2) is 0 Å². The zero-order valence-electron chi connectivity index (χ0n) is 11.7. The van der Waals surface area contributed by atoms with Crippen LogP contribution < -0.4 is 10.5 Å². The first-order valence-electron chi connectivity index (χ1n) is 6.38. The normalized spacial score (nSPS) is 10.2. The summed E-state index contributed by atoms with van der Waals surface area (Å²) >= 11 is 3.39. The highest BCUT2D eigenvalue weighted by atomic mass is 79.9. The molecule has 0 atom stereocenters. The topological polar surface area (TPSA) is 74.4 Å². The summed E-state index contributed by atoms with van der Waals surface area (Å²) in [5.74, 6) is 0.456. The van der Waals surface area contributed by atoms with Crippen LogP contribution in [0.4, 0.5) is 5.69 Å².